The van der Waals surface area contributed by atoms with Crippen LogP contribution < -0.4 is 0 Å². The summed E-state index contributed by atoms with van der Waals surface area (Å²) in [4.78, 5) is 0. The Hall–Kier alpha value is -0.660. The van der Waals surface area contributed by atoms with E-state index in [0.29, 0.717) is 0 Å². The lowest BCUT2D eigenvalue weighted by Gasteiger charge is -2.20. The van der Waals surface area contributed by atoms with Gasteiger partial charge in [-0.2, -0.15) is 0 Å². The summed E-state index contributed by atoms with van der Waals surface area (Å²) < 4.78 is 24.7. The fourth-order valence-corrected chi connectivity index (χ4v) is 1.44. The van der Waals surface area contributed by atoms with Crippen LogP contribution in [0.5, 0.6) is 0 Å². The first-order chi connectivity index (χ1) is 5.13. The van der Waals surface area contributed by atoms with Gasteiger partial charge in [-0.15, -0.1) is 0 Å². The van der Waals surface area contributed by atoms with E-state index in [9.17, 15) is 8.78 Å². The van der Waals surface area contributed by atoms with Crippen molar-refractivity contribution in [3.8, 4) is 0 Å². The normalized spacial score (nSPS) is 20.1. The highest BCUT2D eigenvalue weighted by molar-refractivity contribution is 5.25. The summed E-state index contributed by atoms with van der Waals surface area (Å²) in [6, 6.07) is 0. The Labute approximate surface area is 65.6 Å². The standard InChI is InChI=1S/C9H12F2/c1-6-4-3-5-7(2)8(6)9(10)11/h4-5,8-9H,3H2,1-2H3. The maximum atomic E-state index is 12.3. The second kappa shape index (κ2) is 3.16. The van der Waals surface area contributed by atoms with Gasteiger partial charge in [-0.05, 0) is 20.3 Å². The van der Waals surface area contributed by atoms with Crippen molar-refractivity contribution in [1.29, 1.82) is 0 Å². The third-order valence-electron chi connectivity index (χ3n) is 2.11. The summed E-state index contributed by atoms with van der Waals surface area (Å²) >= 11 is 0. The van der Waals surface area contributed by atoms with Gasteiger partial charge in [0.05, 0.1) is 5.92 Å². The van der Waals surface area contributed by atoms with Gasteiger partial charge in [0.1, 0.15) is 0 Å². The van der Waals surface area contributed by atoms with E-state index in [2.05, 4.69) is 0 Å². The molecule has 0 N–H and O–H groups in total. The predicted molar refractivity (Wildman–Crippen MR) is 41.6 cm³/mol. The third kappa shape index (κ3) is 1.67. The number of hydrogen-bond acceptors (Lipinski definition) is 0. The van der Waals surface area contributed by atoms with E-state index in [1.54, 1.807) is 13.8 Å². The second-order valence-electron chi connectivity index (χ2n) is 2.94. The van der Waals surface area contributed by atoms with E-state index >= 15 is 0 Å². The van der Waals surface area contributed by atoms with Crippen molar-refractivity contribution in [3.05, 3.63) is 23.3 Å². The minimum atomic E-state index is -2.25. The molecule has 1 aliphatic rings. The van der Waals surface area contributed by atoms with Crippen molar-refractivity contribution in [2.45, 2.75) is 26.7 Å². The number of allylic oxidation sites excluding steroid dienone is 4. The lowest BCUT2D eigenvalue weighted by molar-refractivity contribution is 0.110. The van der Waals surface area contributed by atoms with Gasteiger partial charge in [-0.25, -0.2) is 8.78 Å². The van der Waals surface area contributed by atoms with Gasteiger partial charge in [0.25, 0.3) is 0 Å². The molecule has 0 saturated carbocycles. The molecule has 0 amide bonds. The molecule has 0 nitrogen and oxygen atoms in total. The largest absolute Gasteiger partial charge is 0.248 e. The molecule has 0 aromatic heterocycles. The molecule has 0 atom stereocenters. The Morgan fingerprint density at radius 3 is 2.00 bits per heavy atom. The minimum Gasteiger partial charge on any atom is -0.209 e. The van der Waals surface area contributed by atoms with Crippen molar-refractivity contribution < 1.29 is 8.78 Å². The molecule has 2 heteroatoms. The van der Waals surface area contributed by atoms with Gasteiger partial charge in [0.15, 0.2) is 0 Å². The zero-order chi connectivity index (χ0) is 8.43. The quantitative estimate of drug-likeness (QED) is 0.514. The van der Waals surface area contributed by atoms with Gasteiger partial charge in [0, 0.05) is 0 Å². The van der Waals surface area contributed by atoms with Crippen LogP contribution in [-0.2, 0) is 0 Å². The van der Waals surface area contributed by atoms with Gasteiger partial charge in [-0.1, -0.05) is 23.3 Å². The third-order valence-corrected chi connectivity index (χ3v) is 2.11. The molecular formula is C9H12F2. The van der Waals surface area contributed by atoms with E-state index in [1.807, 2.05) is 12.2 Å². The Kier molecular flexibility index (Phi) is 2.42. The molecule has 0 aliphatic heterocycles. The van der Waals surface area contributed by atoms with Crippen LogP contribution in [0.25, 0.3) is 0 Å². The maximum absolute atomic E-state index is 12.3. The first kappa shape index (κ1) is 8.44. The molecule has 0 bridgehead atoms. The van der Waals surface area contributed by atoms with Crippen molar-refractivity contribution in [2.75, 3.05) is 0 Å². The van der Waals surface area contributed by atoms with Gasteiger partial charge >= 0.3 is 0 Å². The van der Waals surface area contributed by atoms with Gasteiger partial charge in [-0.3, -0.25) is 0 Å². The van der Waals surface area contributed by atoms with Crippen LogP contribution >= 0.6 is 0 Å². The van der Waals surface area contributed by atoms with Crippen LogP contribution in [0, 0.1) is 5.92 Å². The van der Waals surface area contributed by atoms with Crippen LogP contribution in [0.4, 0.5) is 8.78 Å². The van der Waals surface area contributed by atoms with E-state index in [0.717, 1.165) is 17.6 Å². The molecule has 11 heavy (non-hydrogen) atoms. The van der Waals surface area contributed by atoms with Crippen LogP contribution in [0.1, 0.15) is 20.3 Å². The summed E-state index contributed by atoms with van der Waals surface area (Å²) in [6.45, 7) is 3.54. The van der Waals surface area contributed by atoms with Crippen LogP contribution in [0.2, 0.25) is 0 Å². The van der Waals surface area contributed by atoms with E-state index in [4.69, 9.17) is 0 Å². The molecule has 0 aromatic carbocycles. The zero-order valence-corrected chi connectivity index (χ0v) is 6.77. The molecule has 0 fully saturated rings. The van der Waals surface area contributed by atoms with Crippen LogP contribution in [-0.4, -0.2) is 6.43 Å². The molecule has 62 valence electrons. The Morgan fingerprint density at radius 1 is 1.27 bits per heavy atom. The SMILES string of the molecule is CC1=CCC=C(C)C1C(F)F. The Balaban J connectivity index is 2.80. The van der Waals surface area contributed by atoms with E-state index in [-0.39, 0.29) is 0 Å². The highest BCUT2D eigenvalue weighted by Crippen LogP contribution is 2.30. The summed E-state index contributed by atoms with van der Waals surface area (Å²) in [7, 11) is 0. The fourth-order valence-electron chi connectivity index (χ4n) is 1.44. The molecular weight excluding hydrogens is 146 g/mol. The van der Waals surface area contributed by atoms with Crippen LogP contribution in [0.15, 0.2) is 23.3 Å². The molecule has 0 saturated heterocycles. The predicted octanol–water partition coefficient (Wildman–Crippen LogP) is 3.16. The van der Waals surface area contributed by atoms with Gasteiger partial charge in [0.2, 0.25) is 6.43 Å². The number of hydrogen-bond donors (Lipinski definition) is 0. The molecule has 0 heterocycles. The number of rotatable bonds is 1. The highest BCUT2D eigenvalue weighted by Gasteiger charge is 2.24. The number of halogens is 2. The fraction of sp³-hybridized carbons (Fsp3) is 0.556. The van der Waals surface area contributed by atoms with Crippen molar-refractivity contribution in [2.24, 2.45) is 5.92 Å². The minimum absolute atomic E-state index is 0.622. The monoisotopic (exact) mass is 158 g/mol. The summed E-state index contributed by atoms with van der Waals surface area (Å²) in [6.07, 6.45) is 2.29. The summed E-state index contributed by atoms with van der Waals surface area (Å²) in [5, 5.41) is 0. The summed E-state index contributed by atoms with van der Waals surface area (Å²) in [5.41, 5.74) is 1.61. The Morgan fingerprint density at radius 2 is 1.73 bits per heavy atom. The first-order valence-electron chi connectivity index (χ1n) is 3.74. The molecule has 0 spiro atoms. The number of alkyl halides is 2. The van der Waals surface area contributed by atoms with E-state index < -0.39 is 12.3 Å². The van der Waals surface area contributed by atoms with Crippen molar-refractivity contribution in [3.63, 3.8) is 0 Å². The smallest absolute Gasteiger partial charge is 0.209 e. The molecule has 0 unspecified atom stereocenters. The maximum Gasteiger partial charge on any atom is 0.248 e. The average molecular weight is 158 g/mol. The molecule has 0 aromatic rings. The Bertz CT molecular complexity index is 184. The average Bonchev–Trinajstić information content (AvgIpc) is 1.85. The molecule has 1 aliphatic carbocycles. The van der Waals surface area contributed by atoms with Crippen LogP contribution in [0.3, 0.4) is 0 Å². The second-order valence-corrected chi connectivity index (χ2v) is 2.94. The van der Waals surface area contributed by atoms with E-state index in [1.165, 1.54) is 0 Å². The summed E-state index contributed by atoms with van der Waals surface area (Å²) in [5.74, 6) is -0.622. The topological polar surface area (TPSA) is 0 Å². The lowest BCUT2D eigenvalue weighted by atomic mass is 9.88. The highest BCUT2D eigenvalue weighted by atomic mass is 19.3. The molecule has 1 rings (SSSR count). The molecule has 0 radical (unpaired) electrons. The lowest BCUT2D eigenvalue weighted by Crippen LogP contribution is -2.16. The first-order valence-corrected chi connectivity index (χ1v) is 3.74. The van der Waals surface area contributed by atoms with Crippen molar-refractivity contribution >= 4 is 0 Å². The van der Waals surface area contributed by atoms with Gasteiger partial charge < -0.3 is 0 Å². The van der Waals surface area contributed by atoms with Crippen molar-refractivity contribution in [1.82, 2.24) is 0 Å². The zero-order valence-electron chi connectivity index (χ0n) is 6.77.